The Labute approximate surface area is 106 Å². The third-order valence-electron chi connectivity index (χ3n) is 3.23. The van der Waals surface area contributed by atoms with Gasteiger partial charge in [-0.05, 0) is 18.6 Å². The Kier molecular flexibility index (Phi) is 3.72. The van der Waals surface area contributed by atoms with Gasteiger partial charge in [-0.2, -0.15) is 0 Å². The van der Waals surface area contributed by atoms with E-state index in [2.05, 4.69) is 0 Å². The minimum atomic E-state index is -0.0673. The van der Waals surface area contributed by atoms with Crippen molar-refractivity contribution in [1.29, 1.82) is 0 Å². The van der Waals surface area contributed by atoms with Crippen molar-refractivity contribution in [2.75, 3.05) is 33.1 Å². The topological polar surface area (TPSA) is 64.8 Å². The van der Waals surface area contributed by atoms with E-state index in [4.69, 9.17) is 15.2 Å². The minimum Gasteiger partial charge on any atom is -0.496 e. The van der Waals surface area contributed by atoms with E-state index in [1.807, 2.05) is 0 Å². The number of rotatable bonds is 3. The van der Waals surface area contributed by atoms with Crippen LogP contribution in [0.1, 0.15) is 16.8 Å². The van der Waals surface area contributed by atoms with Crippen molar-refractivity contribution in [3.8, 4) is 5.75 Å². The van der Waals surface area contributed by atoms with Crippen LogP contribution < -0.4 is 10.5 Å². The van der Waals surface area contributed by atoms with Crippen molar-refractivity contribution in [2.24, 2.45) is 0 Å². The van der Waals surface area contributed by atoms with Crippen molar-refractivity contribution < 1.29 is 14.3 Å². The summed E-state index contributed by atoms with van der Waals surface area (Å²) in [6.07, 6.45) is 0.875. The largest absolute Gasteiger partial charge is 0.496 e. The minimum absolute atomic E-state index is 0.0673. The number of carbonyl (C=O) groups excluding carboxylic acids is 1. The number of nitrogens with two attached hydrogens (primary N) is 1. The van der Waals surface area contributed by atoms with E-state index in [-0.39, 0.29) is 11.9 Å². The van der Waals surface area contributed by atoms with Gasteiger partial charge in [0, 0.05) is 25.4 Å². The summed E-state index contributed by atoms with van der Waals surface area (Å²) in [6.45, 7) is 1.31. The number of benzene rings is 1. The van der Waals surface area contributed by atoms with Gasteiger partial charge in [-0.1, -0.05) is 0 Å². The van der Waals surface area contributed by atoms with Crippen LogP contribution in [0.3, 0.4) is 0 Å². The summed E-state index contributed by atoms with van der Waals surface area (Å²) in [5.74, 6) is 0.438. The van der Waals surface area contributed by atoms with Crippen molar-refractivity contribution in [3.05, 3.63) is 23.8 Å². The van der Waals surface area contributed by atoms with E-state index in [0.717, 1.165) is 6.42 Å². The molecule has 1 aliphatic heterocycles. The molecule has 98 valence electrons. The van der Waals surface area contributed by atoms with Crippen molar-refractivity contribution in [3.63, 3.8) is 0 Å². The van der Waals surface area contributed by atoms with Crippen molar-refractivity contribution in [1.82, 2.24) is 4.90 Å². The SMILES string of the molecule is COc1cc(N)ccc1C(=O)N(C)C1CCOC1. The van der Waals surface area contributed by atoms with Crippen LogP contribution in [-0.4, -0.2) is 44.2 Å². The number of amides is 1. The Morgan fingerprint density at radius 2 is 2.33 bits per heavy atom. The number of ether oxygens (including phenoxy) is 2. The van der Waals surface area contributed by atoms with E-state index in [1.54, 1.807) is 30.1 Å². The Morgan fingerprint density at radius 3 is 2.94 bits per heavy atom. The van der Waals surface area contributed by atoms with Gasteiger partial charge in [-0.15, -0.1) is 0 Å². The maximum atomic E-state index is 12.4. The molecule has 0 aromatic heterocycles. The zero-order valence-corrected chi connectivity index (χ0v) is 10.7. The zero-order chi connectivity index (χ0) is 13.1. The van der Waals surface area contributed by atoms with Crippen LogP contribution in [0.25, 0.3) is 0 Å². The lowest BCUT2D eigenvalue weighted by atomic mass is 10.1. The summed E-state index contributed by atoms with van der Waals surface area (Å²) in [7, 11) is 3.32. The standard InChI is InChI=1S/C13H18N2O3/c1-15(10-5-6-18-8-10)13(16)11-4-3-9(14)7-12(11)17-2/h3-4,7,10H,5-6,8,14H2,1-2H3. The first kappa shape index (κ1) is 12.7. The summed E-state index contributed by atoms with van der Waals surface area (Å²) in [5.41, 5.74) is 6.78. The van der Waals surface area contributed by atoms with E-state index in [9.17, 15) is 4.79 Å². The summed E-state index contributed by atoms with van der Waals surface area (Å²) < 4.78 is 10.5. The summed E-state index contributed by atoms with van der Waals surface area (Å²) in [5, 5.41) is 0. The molecule has 1 fully saturated rings. The van der Waals surface area contributed by atoms with Gasteiger partial charge in [-0.25, -0.2) is 0 Å². The molecule has 2 rings (SSSR count). The number of hydrogen-bond donors (Lipinski definition) is 1. The number of methoxy groups -OCH3 is 1. The molecule has 2 N–H and O–H groups in total. The van der Waals surface area contributed by atoms with Gasteiger partial charge in [0.05, 0.1) is 25.3 Å². The van der Waals surface area contributed by atoms with Crippen LogP contribution in [0, 0.1) is 0 Å². The molecular formula is C13H18N2O3. The molecule has 1 heterocycles. The van der Waals surface area contributed by atoms with Crippen LogP contribution >= 0.6 is 0 Å². The predicted octanol–water partition coefficient (Wildman–Crippen LogP) is 1.14. The number of hydrogen-bond acceptors (Lipinski definition) is 4. The van der Waals surface area contributed by atoms with Gasteiger partial charge in [0.2, 0.25) is 0 Å². The van der Waals surface area contributed by atoms with Crippen molar-refractivity contribution >= 4 is 11.6 Å². The first-order valence-electron chi connectivity index (χ1n) is 5.92. The van der Waals surface area contributed by atoms with E-state index in [1.165, 1.54) is 7.11 Å². The average molecular weight is 250 g/mol. The van der Waals surface area contributed by atoms with E-state index < -0.39 is 0 Å². The molecule has 5 heteroatoms. The monoisotopic (exact) mass is 250 g/mol. The summed E-state index contributed by atoms with van der Waals surface area (Å²) >= 11 is 0. The molecule has 0 spiro atoms. The highest BCUT2D eigenvalue weighted by molar-refractivity contribution is 5.97. The molecule has 1 unspecified atom stereocenters. The van der Waals surface area contributed by atoms with Crippen LogP contribution in [0.15, 0.2) is 18.2 Å². The molecule has 18 heavy (non-hydrogen) atoms. The maximum absolute atomic E-state index is 12.4. The molecule has 1 aromatic carbocycles. The second-order valence-corrected chi connectivity index (χ2v) is 4.39. The summed E-state index contributed by atoms with van der Waals surface area (Å²) in [6, 6.07) is 5.20. The quantitative estimate of drug-likeness (QED) is 0.817. The third-order valence-corrected chi connectivity index (χ3v) is 3.23. The zero-order valence-electron chi connectivity index (χ0n) is 10.7. The van der Waals surface area contributed by atoms with E-state index >= 15 is 0 Å². The molecule has 1 aromatic rings. The normalized spacial score (nSPS) is 18.7. The molecule has 1 atom stereocenters. The molecule has 1 aliphatic rings. The first-order chi connectivity index (χ1) is 8.63. The smallest absolute Gasteiger partial charge is 0.257 e. The molecule has 0 saturated carbocycles. The van der Waals surface area contributed by atoms with Crippen LogP contribution in [-0.2, 0) is 4.74 Å². The van der Waals surface area contributed by atoms with Gasteiger partial charge >= 0.3 is 0 Å². The molecule has 1 amide bonds. The van der Waals surface area contributed by atoms with Gasteiger partial charge in [0.25, 0.3) is 5.91 Å². The Bertz CT molecular complexity index is 442. The second-order valence-electron chi connectivity index (χ2n) is 4.39. The number of likely N-dealkylation sites (N-methyl/N-ethyl adjacent to an activating group) is 1. The van der Waals surface area contributed by atoms with Crippen LogP contribution in [0.2, 0.25) is 0 Å². The van der Waals surface area contributed by atoms with Gasteiger partial charge in [0.1, 0.15) is 5.75 Å². The number of nitrogen functional groups attached to an aromatic ring is 1. The molecule has 0 bridgehead atoms. The highest BCUT2D eigenvalue weighted by atomic mass is 16.5. The number of carbonyl (C=O) groups is 1. The Hall–Kier alpha value is -1.75. The lowest BCUT2D eigenvalue weighted by Crippen LogP contribution is -2.37. The Balaban J connectivity index is 2.22. The second kappa shape index (κ2) is 5.27. The van der Waals surface area contributed by atoms with Gasteiger partial charge in [-0.3, -0.25) is 4.79 Å². The molecule has 5 nitrogen and oxygen atoms in total. The Morgan fingerprint density at radius 1 is 1.56 bits per heavy atom. The van der Waals surface area contributed by atoms with Crippen LogP contribution in [0.5, 0.6) is 5.75 Å². The highest BCUT2D eigenvalue weighted by Crippen LogP contribution is 2.24. The van der Waals surface area contributed by atoms with Crippen LogP contribution in [0.4, 0.5) is 5.69 Å². The molecule has 0 radical (unpaired) electrons. The fourth-order valence-corrected chi connectivity index (χ4v) is 2.07. The lowest BCUT2D eigenvalue weighted by Gasteiger charge is -2.24. The van der Waals surface area contributed by atoms with E-state index in [0.29, 0.717) is 30.2 Å². The predicted molar refractivity (Wildman–Crippen MR) is 68.7 cm³/mol. The lowest BCUT2D eigenvalue weighted by molar-refractivity contribution is 0.0708. The third kappa shape index (κ3) is 2.41. The van der Waals surface area contributed by atoms with Gasteiger partial charge in [0.15, 0.2) is 0 Å². The fourth-order valence-electron chi connectivity index (χ4n) is 2.07. The maximum Gasteiger partial charge on any atom is 0.257 e. The number of anilines is 1. The molecule has 0 aliphatic carbocycles. The molecular weight excluding hydrogens is 232 g/mol. The first-order valence-corrected chi connectivity index (χ1v) is 5.92. The average Bonchev–Trinajstić information content (AvgIpc) is 2.90. The molecule has 1 saturated heterocycles. The van der Waals surface area contributed by atoms with Crippen molar-refractivity contribution in [2.45, 2.75) is 12.5 Å². The number of nitrogens with zero attached hydrogens (tertiary/aromatic N) is 1. The van der Waals surface area contributed by atoms with Gasteiger partial charge < -0.3 is 20.1 Å². The fraction of sp³-hybridized carbons (Fsp3) is 0.462. The summed E-state index contributed by atoms with van der Waals surface area (Å²) in [4.78, 5) is 14.1. The highest BCUT2D eigenvalue weighted by Gasteiger charge is 2.26.